The topological polar surface area (TPSA) is 15.5 Å². The molecule has 3 fully saturated rings. The summed E-state index contributed by atoms with van der Waals surface area (Å²) in [6, 6.07) is 0. The predicted octanol–water partition coefficient (Wildman–Crippen LogP) is 2.41. The smallest absolute Gasteiger partial charge is 0.175 e. The minimum absolute atomic E-state index is 0.0862. The van der Waals surface area contributed by atoms with Gasteiger partial charge in [0.15, 0.2) is 5.72 Å². The number of hydroxylamine groups is 2. The van der Waals surface area contributed by atoms with Crippen LogP contribution in [0.15, 0.2) is 0 Å². The van der Waals surface area contributed by atoms with Crippen LogP contribution in [0.2, 0.25) is 0 Å². The second-order valence-electron chi connectivity index (χ2n) is 5.95. The molecule has 1 saturated heterocycles. The molecule has 2 nitrogen and oxygen atoms in total. The molecule has 0 aromatic heterocycles. The second-order valence-corrected chi connectivity index (χ2v) is 5.95. The van der Waals surface area contributed by atoms with Gasteiger partial charge in [0.1, 0.15) is 0 Å². The largest absolute Gasteiger partial charge is 0.271 e. The van der Waals surface area contributed by atoms with Crippen molar-refractivity contribution < 1.29 is 4.84 Å². The third-order valence-corrected chi connectivity index (χ3v) is 5.13. The van der Waals surface area contributed by atoms with Crippen LogP contribution < -0.4 is 0 Å². The van der Waals surface area contributed by atoms with Crippen molar-refractivity contribution in [1.82, 2.24) is 5.06 Å². The summed E-state index contributed by atoms with van der Waals surface area (Å²) >= 11 is 0. The Bertz CT molecular complexity index is 269. The van der Waals surface area contributed by atoms with E-state index in [2.05, 4.69) is 32.9 Å². The first-order chi connectivity index (χ1) is 5.94. The number of hydrogen-bond donors (Lipinski definition) is 0. The highest BCUT2D eigenvalue weighted by molar-refractivity contribution is 5.20. The molecule has 2 saturated carbocycles. The number of rotatable bonds is 0. The summed E-state index contributed by atoms with van der Waals surface area (Å²) in [6.07, 6.45) is 4.12. The van der Waals surface area contributed by atoms with Crippen LogP contribution in [0.25, 0.3) is 0 Å². The van der Waals surface area contributed by atoms with E-state index in [-0.39, 0.29) is 5.72 Å². The standard InChI is InChI=1S/C11H19NO/c1-9(2)8-5-6-10(3,7-8)11(9)12(4)13-11/h8H,5-7H2,1-4H3. The third kappa shape index (κ3) is 0.608. The maximum absolute atomic E-state index is 5.85. The summed E-state index contributed by atoms with van der Waals surface area (Å²) in [5, 5.41) is 2.10. The molecule has 0 radical (unpaired) electrons. The SMILES string of the molecule is CN1OC12C1(C)CCC(C1)C2(C)C. The fourth-order valence-corrected chi connectivity index (χ4v) is 4.41. The molecule has 1 aliphatic heterocycles. The predicted molar refractivity (Wildman–Crippen MR) is 50.8 cm³/mol. The minimum atomic E-state index is 0.0862. The van der Waals surface area contributed by atoms with Crippen LogP contribution in [-0.2, 0) is 4.84 Å². The fraction of sp³-hybridized carbons (Fsp3) is 1.00. The average molecular weight is 181 g/mol. The van der Waals surface area contributed by atoms with Crippen molar-refractivity contribution in [3.05, 3.63) is 0 Å². The maximum Gasteiger partial charge on any atom is 0.175 e. The number of nitrogens with zero attached hydrogens (tertiary/aromatic N) is 1. The van der Waals surface area contributed by atoms with E-state index in [0.29, 0.717) is 10.8 Å². The first-order valence-corrected chi connectivity index (χ1v) is 5.37. The van der Waals surface area contributed by atoms with Gasteiger partial charge in [0.05, 0.1) is 0 Å². The molecule has 0 aromatic carbocycles. The Morgan fingerprint density at radius 3 is 2.23 bits per heavy atom. The monoisotopic (exact) mass is 181 g/mol. The Morgan fingerprint density at radius 1 is 1.31 bits per heavy atom. The van der Waals surface area contributed by atoms with E-state index in [1.807, 2.05) is 0 Å². The molecular formula is C11H19NO. The van der Waals surface area contributed by atoms with Gasteiger partial charge in [0.2, 0.25) is 0 Å². The van der Waals surface area contributed by atoms with Crippen LogP contribution in [0.4, 0.5) is 0 Å². The van der Waals surface area contributed by atoms with Gasteiger partial charge in [-0.2, -0.15) is 5.06 Å². The Balaban J connectivity index is 2.11. The first kappa shape index (κ1) is 8.25. The Morgan fingerprint density at radius 2 is 1.92 bits per heavy atom. The quantitative estimate of drug-likeness (QED) is 0.533. The normalized spacial score (nSPS) is 61.8. The molecule has 0 amide bonds. The lowest BCUT2D eigenvalue weighted by atomic mass is 9.67. The van der Waals surface area contributed by atoms with Gasteiger partial charge in [-0.25, -0.2) is 0 Å². The molecule has 2 heteroatoms. The molecule has 13 heavy (non-hydrogen) atoms. The van der Waals surface area contributed by atoms with Crippen molar-refractivity contribution in [2.45, 2.75) is 45.8 Å². The molecule has 2 bridgehead atoms. The van der Waals surface area contributed by atoms with Crippen molar-refractivity contribution in [2.24, 2.45) is 16.7 Å². The number of hydrogen-bond acceptors (Lipinski definition) is 2. The van der Waals surface area contributed by atoms with Gasteiger partial charge < -0.3 is 0 Å². The minimum Gasteiger partial charge on any atom is -0.271 e. The summed E-state index contributed by atoms with van der Waals surface area (Å²) < 4.78 is 0. The van der Waals surface area contributed by atoms with Crippen LogP contribution in [0, 0.1) is 16.7 Å². The molecule has 0 N–H and O–H groups in total. The van der Waals surface area contributed by atoms with E-state index in [9.17, 15) is 0 Å². The van der Waals surface area contributed by atoms with E-state index >= 15 is 0 Å². The lowest BCUT2D eigenvalue weighted by molar-refractivity contribution is 0.0296. The highest BCUT2D eigenvalue weighted by Gasteiger charge is 2.80. The van der Waals surface area contributed by atoms with Gasteiger partial charge in [0, 0.05) is 17.9 Å². The van der Waals surface area contributed by atoms with Crippen LogP contribution >= 0.6 is 0 Å². The first-order valence-electron chi connectivity index (χ1n) is 5.37. The van der Waals surface area contributed by atoms with Crippen LogP contribution in [-0.4, -0.2) is 17.8 Å². The third-order valence-electron chi connectivity index (χ3n) is 5.13. The van der Waals surface area contributed by atoms with E-state index in [1.165, 1.54) is 19.3 Å². The van der Waals surface area contributed by atoms with E-state index in [0.717, 1.165) is 5.92 Å². The number of fused-ring (bicyclic) bond motifs is 3. The van der Waals surface area contributed by atoms with Gasteiger partial charge in [0.25, 0.3) is 0 Å². The average Bonchev–Trinajstić information content (AvgIpc) is 2.49. The Hall–Kier alpha value is -0.0800. The highest BCUT2D eigenvalue weighted by Crippen LogP contribution is 2.75. The Labute approximate surface area is 80.2 Å². The van der Waals surface area contributed by atoms with E-state index in [4.69, 9.17) is 4.84 Å². The second kappa shape index (κ2) is 1.82. The van der Waals surface area contributed by atoms with E-state index < -0.39 is 0 Å². The summed E-state index contributed by atoms with van der Waals surface area (Å²) in [6.45, 7) is 7.17. The molecule has 3 rings (SSSR count). The molecule has 1 spiro atoms. The zero-order valence-corrected chi connectivity index (χ0v) is 9.05. The lowest BCUT2D eigenvalue weighted by Gasteiger charge is -2.39. The van der Waals surface area contributed by atoms with Gasteiger partial charge >= 0.3 is 0 Å². The highest BCUT2D eigenvalue weighted by atomic mass is 16.9. The summed E-state index contributed by atoms with van der Waals surface area (Å²) in [5.41, 5.74) is 0.869. The maximum atomic E-state index is 5.85. The summed E-state index contributed by atoms with van der Waals surface area (Å²) in [7, 11) is 2.09. The molecule has 4 atom stereocenters. The van der Waals surface area contributed by atoms with Crippen molar-refractivity contribution in [3.8, 4) is 0 Å². The summed E-state index contributed by atoms with van der Waals surface area (Å²) in [5.74, 6) is 0.877. The van der Waals surface area contributed by atoms with Gasteiger partial charge in [-0.15, -0.1) is 0 Å². The van der Waals surface area contributed by atoms with E-state index in [1.54, 1.807) is 0 Å². The van der Waals surface area contributed by atoms with Gasteiger partial charge in [-0.1, -0.05) is 20.8 Å². The molecule has 2 aliphatic carbocycles. The van der Waals surface area contributed by atoms with Crippen molar-refractivity contribution >= 4 is 0 Å². The summed E-state index contributed by atoms with van der Waals surface area (Å²) in [4.78, 5) is 5.85. The van der Waals surface area contributed by atoms with Crippen molar-refractivity contribution in [2.75, 3.05) is 7.05 Å². The molecular weight excluding hydrogens is 162 g/mol. The Kier molecular flexibility index (Phi) is 1.16. The van der Waals surface area contributed by atoms with Crippen LogP contribution in [0.5, 0.6) is 0 Å². The zero-order valence-electron chi connectivity index (χ0n) is 9.05. The fourth-order valence-electron chi connectivity index (χ4n) is 4.41. The van der Waals surface area contributed by atoms with Gasteiger partial charge in [-0.3, -0.25) is 4.84 Å². The van der Waals surface area contributed by atoms with Crippen LogP contribution in [0.1, 0.15) is 40.0 Å². The van der Waals surface area contributed by atoms with Crippen molar-refractivity contribution in [1.29, 1.82) is 0 Å². The van der Waals surface area contributed by atoms with Gasteiger partial charge in [-0.05, 0) is 25.2 Å². The molecule has 4 unspecified atom stereocenters. The molecule has 3 aliphatic rings. The zero-order chi connectivity index (χ0) is 9.48. The molecule has 1 heterocycles. The molecule has 74 valence electrons. The van der Waals surface area contributed by atoms with Crippen molar-refractivity contribution in [3.63, 3.8) is 0 Å². The lowest BCUT2D eigenvalue weighted by Crippen LogP contribution is -2.46. The van der Waals surface area contributed by atoms with Crippen LogP contribution in [0.3, 0.4) is 0 Å². The molecule has 0 aromatic rings.